The number of benzene rings is 7. The van der Waals surface area contributed by atoms with Crippen molar-refractivity contribution in [2.45, 2.75) is 377 Å². The van der Waals surface area contributed by atoms with Gasteiger partial charge in [-0.15, -0.1) is 0 Å². The highest BCUT2D eigenvalue weighted by Gasteiger charge is 2.51. The van der Waals surface area contributed by atoms with E-state index in [2.05, 4.69) is 200 Å². The van der Waals surface area contributed by atoms with E-state index in [1.165, 1.54) is 88.6 Å². The first-order valence-corrected chi connectivity index (χ1v) is 49.4. The van der Waals surface area contributed by atoms with Crippen LogP contribution in [0.3, 0.4) is 0 Å². The van der Waals surface area contributed by atoms with Gasteiger partial charge in [-0.05, 0) is 358 Å². The number of ether oxygens (including phenoxy) is 5. The SMILES string of the molecule is C=C(C)c1ccc(C)cc1-c1c(O)cc(CCC)cc1O.CC1=C[C@H]2c3c(O)cc(C)cc3OC(C)(C)[C@@H]2CC1.CCCCCc1cc(O)c2c(c1)OC(C)(C)[C@@H]1CCC(C)=C[C@@H]21.CCCCCc1cc(O)c2c(c1)OC(C)(C)[C@@H]1CCC(C)=C[C@@H]21.CCCCc1cc(O)c2c(c1)OC(C)(C)[C@@H]1CCC(C)=C[C@@H]21.CCCc1cc(O)c2c(c1)OC(C)(C)[C@@H]1CCC(C)=C[C@@H]21. The van der Waals surface area contributed by atoms with Crippen LogP contribution in [-0.4, -0.2) is 63.8 Å². The highest BCUT2D eigenvalue weighted by molar-refractivity contribution is 5.86. The second-order valence-electron chi connectivity index (χ2n) is 42.6. The van der Waals surface area contributed by atoms with Crippen LogP contribution < -0.4 is 23.7 Å². The quantitative estimate of drug-likeness (QED) is 0.0338. The Morgan fingerprint density at radius 1 is 0.302 bits per heavy atom. The van der Waals surface area contributed by atoms with Crippen LogP contribution in [0.1, 0.15) is 376 Å². The van der Waals surface area contributed by atoms with E-state index in [0.717, 1.165) is 212 Å². The lowest BCUT2D eigenvalue weighted by Gasteiger charge is -2.46. The number of allylic oxidation sites excluding steroid dienone is 11. The second kappa shape index (κ2) is 41.2. The van der Waals surface area contributed by atoms with Crippen molar-refractivity contribution in [3.8, 4) is 80.1 Å². The Bertz CT molecular complexity index is 5200. The topological polar surface area (TPSA) is 188 Å². The molecule has 7 aromatic carbocycles. The van der Waals surface area contributed by atoms with Crippen LogP contribution in [0.15, 0.2) is 156 Å². The highest BCUT2D eigenvalue weighted by atomic mass is 16.5. The molecule has 0 spiro atoms. The molecule has 7 N–H and O–H groups in total. The molecule has 5 heterocycles. The summed E-state index contributed by atoms with van der Waals surface area (Å²) in [5.74, 6) is 10.3. The Labute approximate surface area is 775 Å². The highest BCUT2D eigenvalue weighted by Crippen LogP contribution is 2.60. The number of rotatable bonds is 17. The first-order valence-electron chi connectivity index (χ1n) is 49.4. The van der Waals surface area contributed by atoms with Crippen LogP contribution in [0.25, 0.3) is 16.7 Å². The standard InChI is InChI=1S/2C21H30O2.C20H28O2.C19H26O2.C19H22O2.C17H22O2/c2*1-5-6-7-8-15-12-18(22)20-16-11-14(2)9-10-17(16)21(3,4)23-19(20)13-15;1-5-6-7-14-11-17(21)19-15-10-13(2)8-9-16(15)20(3,4)22-18(19)12-14;1-5-6-13-10-16(20)18-14-9-12(2)7-8-15(14)19(3,4)21-17(18)11-13;1-5-6-14-10-17(20)19(18(21)11-14)16-9-13(4)7-8-15(16)12(2)3;1-10-5-6-13-12(7-10)16-14(18)8-11(2)9-15(16)19-17(13,3)4/h2*11-13,16-17,22H,5-10H2,1-4H3;10-12,15-16,21H,5-9H2,1-4H3;9-11,14-15,20H,5-8H2,1-4H3;7-11,20-21H,2,5-6H2,1,3-4H3;7-9,12-13,18H,5-6H2,1-4H3/t2*16-,17-;15-,16-;14-,15-;;12-,13-/m1111.1/s1. The summed E-state index contributed by atoms with van der Waals surface area (Å²) in [5, 5.41) is 73.6. The normalized spacial score (nSPS) is 23.5. The zero-order chi connectivity index (χ0) is 93.7. The van der Waals surface area contributed by atoms with Gasteiger partial charge >= 0.3 is 0 Å². The van der Waals surface area contributed by atoms with Gasteiger partial charge in [-0.1, -0.05) is 174 Å². The van der Waals surface area contributed by atoms with Crippen LogP contribution >= 0.6 is 0 Å². The van der Waals surface area contributed by atoms with E-state index in [1.54, 1.807) is 12.1 Å². The van der Waals surface area contributed by atoms with Crippen LogP contribution in [0.5, 0.6) is 69.0 Å². The minimum absolute atomic E-state index is 0.117. The molecule has 0 unspecified atom stereocenters. The molecule has 10 aliphatic rings. The summed E-state index contributed by atoms with van der Waals surface area (Å²) in [4.78, 5) is 0. The summed E-state index contributed by atoms with van der Waals surface area (Å²) in [7, 11) is 0. The van der Waals surface area contributed by atoms with Crippen LogP contribution in [0, 0.1) is 43.4 Å². The van der Waals surface area contributed by atoms with Crippen LogP contribution in [-0.2, 0) is 32.1 Å². The molecular weight excluding hydrogens is 1600 g/mol. The third-order valence-corrected chi connectivity index (χ3v) is 29.8. The lowest BCUT2D eigenvalue weighted by molar-refractivity contribution is 0.0104. The number of unbranched alkanes of at least 4 members (excludes halogenated alkanes) is 5. The van der Waals surface area contributed by atoms with Crippen molar-refractivity contribution in [1.29, 1.82) is 0 Å². The minimum Gasteiger partial charge on any atom is -0.507 e. The van der Waals surface area contributed by atoms with E-state index in [1.807, 2.05) is 75.4 Å². The van der Waals surface area contributed by atoms with Crippen molar-refractivity contribution < 1.29 is 59.4 Å². The van der Waals surface area contributed by atoms with Gasteiger partial charge in [0.25, 0.3) is 0 Å². The molecular formula is C117H158O12. The first kappa shape index (κ1) is 98.6. The third kappa shape index (κ3) is 22.5. The molecule has 10 atom stereocenters. The van der Waals surface area contributed by atoms with Crippen molar-refractivity contribution >= 4 is 5.57 Å². The smallest absolute Gasteiger partial charge is 0.127 e. The molecule has 0 saturated heterocycles. The fraction of sp³-hybridized carbons (Fsp3) is 0.538. The summed E-state index contributed by atoms with van der Waals surface area (Å²) < 4.78 is 31.6. The van der Waals surface area contributed by atoms with E-state index in [4.69, 9.17) is 23.7 Å². The lowest BCUT2D eigenvalue weighted by Crippen LogP contribution is -2.45. The van der Waals surface area contributed by atoms with E-state index >= 15 is 0 Å². The van der Waals surface area contributed by atoms with E-state index in [-0.39, 0.29) is 69.1 Å². The summed E-state index contributed by atoms with van der Waals surface area (Å²) in [6.07, 6.45) is 39.5. The van der Waals surface area contributed by atoms with Gasteiger partial charge in [-0.2, -0.15) is 0 Å². The molecule has 5 aliphatic carbocycles. The Balaban J connectivity index is 0.000000140. The van der Waals surface area contributed by atoms with Gasteiger partial charge in [0, 0.05) is 87.0 Å². The average Bonchev–Trinajstić information content (AvgIpc) is 0.750. The second-order valence-corrected chi connectivity index (χ2v) is 42.6. The Kier molecular flexibility index (Phi) is 31.5. The molecule has 0 aromatic heterocycles. The molecule has 5 aliphatic heterocycles. The maximum atomic E-state index is 10.7. The number of aromatic hydroxyl groups is 7. The zero-order valence-electron chi connectivity index (χ0n) is 82.9. The predicted molar refractivity (Wildman–Crippen MR) is 533 cm³/mol. The molecule has 0 fully saturated rings. The Morgan fingerprint density at radius 3 is 0.837 bits per heavy atom. The number of fused-ring (bicyclic) bond motifs is 15. The first-order chi connectivity index (χ1) is 61.0. The summed E-state index contributed by atoms with van der Waals surface area (Å²) in [6.45, 7) is 53.6. The van der Waals surface area contributed by atoms with Gasteiger partial charge in [-0.3, -0.25) is 0 Å². The van der Waals surface area contributed by atoms with Gasteiger partial charge in [-0.25, -0.2) is 0 Å². The number of hydrogen-bond donors (Lipinski definition) is 7. The van der Waals surface area contributed by atoms with Gasteiger partial charge in [0.2, 0.25) is 0 Å². The van der Waals surface area contributed by atoms with Crippen molar-refractivity contribution in [1.82, 2.24) is 0 Å². The van der Waals surface area contributed by atoms with Crippen molar-refractivity contribution in [2.75, 3.05) is 0 Å². The fourth-order valence-corrected chi connectivity index (χ4v) is 23.0. The van der Waals surface area contributed by atoms with E-state index < -0.39 is 0 Å². The lowest BCUT2D eigenvalue weighted by atomic mass is 9.68. The number of aryl methyl sites for hydroxylation is 7. The Hall–Kier alpha value is -9.42. The summed E-state index contributed by atoms with van der Waals surface area (Å²) >= 11 is 0. The van der Waals surface area contributed by atoms with E-state index in [0.29, 0.717) is 63.9 Å². The molecule has 0 amide bonds. The molecule has 7 aromatic rings. The van der Waals surface area contributed by atoms with Gasteiger partial charge in [0.05, 0.1) is 5.56 Å². The fourth-order valence-electron chi connectivity index (χ4n) is 23.0. The van der Waals surface area contributed by atoms with Gasteiger partial charge in [0.1, 0.15) is 97.0 Å². The predicted octanol–water partition coefficient (Wildman–Crippen LogP) is 31.1. The average molecular weight is 1760 g/mol. The summed E-state index contributed by atoms with van der Waals surface area (Å²) in [5.41, 5.74) is 22.2. The number of phenolic OH excluding ortho intramolecular Hbond substituents is 7. The van der Waals surface area contributed by atoms with Crippen molar-refractivity contribution in [3.05, 3.63) is 228 Å². The number of hydrogen-bond acceptors (Lipinski definition) is 12. The van der Waals surface area contributed by atoms with Gasteiger partial charge in [0.15, 0.2) is 0 Å². The maximum absolute atomic E-state index is 10.7. The third-order valence-electron chi connectivity index (χ3n) is 29.8. The minimum atomic E-state index is -0.177. The largest absolute Gasteiger partial charge is 0.507 e. The molecule has 129 heavy (non-hydrogen) atoms. The number of phenols is 7. The van der Waals surface area contributed by atoms with Crippen LogP contribution in [0.2, 0.25) is 0 Å². The van der Waals surface area contributed by atoms with Crippen LogP contribution in [0.4, 0.5) is 0 Å². The van der Waals surface area contributed by atoms with Crippen molar-refractivity contribution in [3.63, 3.8) is 0 Å². The van der Waals surface area contributed by atoms with E-state index in [9.17, 15) is 35.7 Å². The molecule has 12 heteroatoms. The molecule has 12 nitrogen and oxygen atoms in total. The molecule has 17 rings (SSSR count). The Morgan fingerprint density at radius 2 is 0.558 bits per heavy atom. The molecule has 0 saturated carbocycles. The maximum Gasteiger partial charge on any atom is 0.127 e. The molecule has 0 radical (unpaired) electrons. The van der Waals surface area contributed by atoms with Gasteiger partial charge < -0.3 is 59.4 Å². The zero-order valence-corrected chi connectivity index (χ0v) is 82.9. The molecule has 698 valence electrons. The van der Waals surface area contributed by atoms with Crippen molar-refractivity contribution in [2.24, 2.45) is 29.6 Å². The summed E-state index contributed by atoms with van der Waals surface area (Å²) in [6, 6.07) is 29.7. The molecule has 0 bridgehead atoms. The monoisotopic (exact) mass is 1760 g/mol.